The van der Waals surface area contributed by atoms with E-state index in [1.165, 1.54) is 12.8 Å². The first-order valence-corrected chi connectivity index (χ1v) is 9.90. The van der Waals surface area contributed by atoms with Gasteiger partial charge in [0.05, 0.1) is 17.6 Å². The van der Waals surface area contributed by atoms with E-state index in [1.807, 2.05) is 26.0 Å². The summed E-state index contributed by atoms with van der Waals surface area (Å²) in [6, 6.07) is 7.90. The van der Waals surface area contributed by atoms with Crippen LogP contribution in [-0.4, -0.2) is 51.7 Å². The van der Waals surface area contributed by atoms with Gasteiger partial charge < -0.3 is 4.74 Å². The maximum atomic E-state index is 12.6. The number of sulfonamides is 1. The van der Waals surface area contributed by atoms with E-state index in [-0.39, 0.29) is 12.0 Å². The molecule has 1 saturated heterocycles. The Balaban J connectivity index is 1.64. The fourth-order valence-corrected chi connectivity index (χ4v) is 4.55. The second-order valence-corrected chi connectivity index (χ2v) is 8.50. The van der Waals surface area contributed by atoms with Crippen LogP contribution in [0.15, 0.2) is 29.2 Å². The minimum atomic E-state index is -3.51. The van der Waals surface area contributed by atoms with Crippen LogP contribution in [0.2, 0.25) is 0 Å². The normalized spacial score (nSPS) is 23.3. The molecule has 0 bridgehead atoms. The Morgan fingerprint density at radius 3 is 2.74 bits per heavy atom. The van der Waals surface area contributed by atoms with Gasteiger partial charge in [-0.2, -0.15) is 0 Å². The summed E-state index contributed by atoms with van der Waals surface area (Å²) in [4.78, 5) is 2.80. The van der Waals surface area contributed by atoms with Crippen LogP contribution in [0.4, 0.5) is 0 Å². The van der Waals surface area contributed by atoms with Crippen molar-refractivity contribution in [2.75, 3.05) is 26.2 Å². The van der Waals surface area contributed by atoms with E-state index in [4.69, 9.17) is 4.74 Å². The SMILES string of the molecule is CC(C)c1ccccc1S(=O)(=O)NC[C@H]1CN(C2CC2)CCO1. The van der Waals surface area contributed by atoms with Crippen LogP contribution in [0.1, 0.15) is 38.2 Å². The van der Waals surface area contributed by atoms with Crippen molar-refractivity contribution in [1.82, 2.24) is 9.62 Å². The zero-order chi connectivity index (χ0) is 16.4. The monoisotopic (exact) mass is 338 g/mol. The third-order valence-electron chi connectivity index (χ3n) is 4.57. The Bertz CT molecular complexity index is 641. The van der Waals surface area contributed by atoms with Crippen molar-refractivity contribution >= 4 is 10.0 Å². The highest BCUT2D eigenvalue weighted by molar-refractivity contribution is 7.89. The molecule has 1 aliphatic carbocycles. The van der Waals surface area contributed by atoms with E-state index >= 15 is 0 Å². The molecule has 6 heteroatoms. The summed E-state index contributed by atoms with van der Waals surface area (Å²) in [7, 11) is -3.51. The molecule has 2 fully saturated rings. The molecule has 23 heavy (non-hydrogen) atoms. The molecule has 1 saturated carbocycles. The second kappa shape index (κ2) is 6.89. The standard InChI is InChI=1S/C17H26N2O3S/c1-13(2)16-5-3-4-6-17(16)23(20,21)18-11-15-12-19(9-10-22-15)14-7-8-14/h3-6,13-15,18H,7-12H2,1-2H3/t15-/m0/s1. The molecule has 2 aliphatic rings. The minimum absolute atomic E-state index is 0.0645. The number of benzene rings is 1. The van der Waals surface area contributed by atoms with E-state index in [0.717, 1.165) is 18.7 Å². The van der Waals surface area contributed by atoms with Crippen molar-refractivity contribution in [2.45, 2.75) is 49.6 Å². The Morgan fingerprint density at radius 1 is 1.30 bits per heavy atom. The summed E-state index contributed by atoms with van der Waals surface area (Å²) in [5, 5.41) is 0. The molecule has 1 aliphatic heterocycles. The summed E-state index contributed by atoms with van der Waals surface area (Å²) >= 11 is 0. The zero-order valence-electron chi connectivity index (χ0n) is 13.9. The summed E-state index contributed by atoms with van der Waals surface area (Å²) in [6.07, 6.45) is 2.46. The smallest absolute Gasteiger partial charge is 0.240 e. The van der Waals surface area contributed by atoms with Gasteiger partial charge in [0.25, 0.3) is 0 Å². The highest BCUT2D eigenvalue weighted by atomic mass is 32.2. The summed E-state index contributed by atoms with van der Waals surface area (Å²) in [5.74, 6) is 0.166. The Morgan fingerprint density at radius 2 is 2.04 bits per heavy atom. The van der Waals surface area contributed by atoms with Crippen LogP contribution in [0.25, 0.3) is 0 Å². The van der Waals surface area contributed by atoms with Crippen LogP contribution < -0.4 is 4.72 Å². The van der Waals surface area contributed by atoms with Gasteiger partial charge in [-0.1, -0.05) is 32.0 Å². The Hall–Kier alpha value is -0.950. The average Bonchev–Trinajstić information content (AvgIpc) is 3.38. The molecule has 128 valence electrons. The predicted octanol–water partition coefficient (Wildman–Crippen LogP) is 1.95. The van der Waals surface area contributed by atoms with E-state index in [9.17, 15) is 8.42 Å². The third-order valence-corrected chi connectivity index (χ3v) is 6.06. The molecule has 1 heterocycles. The number of hydrogen-bond acceptors (Lipinski definition) is 4. The van der Waals surface area contributed by atoms with Crippen LogP contribution in [0.3, 0.4) is 0 Å². The summed E-state index contributed by atoms with van der Waals surface area (Å²) in [6.45, 7) is 6.81. The number of nitrogens with zero attached hydrogens (tertiary/aromatic N) is 1. The molecule has 1 aromatic rings. The fourth-order valence-electron chi connectivity index (χ4n) is 3.12. The second-order valence-electron chi connectivity index (χ2n) is 6.76. The van der Waals surface area contributed by atoms with Crippen molar-refractivity contribution in [3.8, 4) is 0 Å². The molecule has 1 N–H and O–H groups in total. The van der Waals surface area contributed by atoms with Gasteiger partial charge in [0.1, 0.15) is 0 Å². The maximum Gasteiger partial charge on any atom is 0.240 e. The molecule has 5 nitrogen and oxygen atoms in total. The number of rotatable bonds is 6. The maximum absolute atomic E-state index is 12.6. The van der Waals surface area contributed by atoms with Gasteiger partial charge in [-0.15, -0.1) is 0 Å². The van der Waals surface area contributed by atoms with Gasteiger partial charge in [0.2, 0.25) is 10.0 Å². The fraction of sp³-hybridized carbons (Fsp3) is 0.647. The molecule has 0 spiro atoms. The number of nitrogens with one attached hydrogen (secondary N) is 1. The van der Waals surface area contributed by atoms with Crippen molar-refractivity contribution < 1.29 is 13.2 Å². The van der Waals surface area contributed by atoms with E-state index < -0.39 is 10.0 Å². The van der Waals surface area contributed by atoms with Gasteiger partial charge in [0, 0.05) is 25.7 Å². The lowest BCUT2D eigenvalue weighted by Crippen LogP contribution is -2.48. The molecule has 0 aromatic heterocycles. The minimum Gasteiger partial charge on any atom is -0.374 e. The van der Waals surface area contributed by atoms with Crippen molar-refractivity contribution in [3.05, 3.63) is 29.8 Å². The van der Waals surface area contributed by atoms with Crippen molar-refractivity contribution in [2.24, 2.45) is 0 Å². The van der Waals surface area contributed by atoms with Crippen LogP contribution in [0.5, 0.6) is 0 Å². The van der Waals surface area contributed by atoms with Gasteiger partial charge in [0.15, 0.2) is 0 Å². The molecule has 3 rings (SSSR count). The topological polar surface area (TPSA) is 58.6 Å². The van der Waals surface area contributed by atoms with E-state index in [0.29, 0.717) is 24.1 Å². The zero-order valence-corrected chi connectivity index (χ0v) is 14.7. The lowest BCUT2D eigenvalue weighted by molar-refractivity contribution is -0.0277. The van der Waals surface area contributed by atoms with E-state index in [2.05, 4.69) is 9.62 Å². The lowest BCUT2D eigenvalue weighted by atomic mass is 10.0. The van der Waals surface area contributed by atoms with Crippen molar-refractivity contribution in [1.29, 1.82) is 0 Å². The largest absolute Gasteiger partial charge is 0.374 e. The molecular formula is C17H26N2O3S. The van der Waals surface area contributed by atoms with Gasteiger partial charge in [-0.3, -0.25) is 4.90 Å². The Labute approximate surface area is 139 Å². The first-order valence-electron chi connectivity index (χ1n) is 8.41. The van der Waals surface area contributed by atoms with Gasteiger partial charge in [-0.05, 0) is 30.4 Å². The van der Waals surface area contributed by atoms with Crippen molar-refractivity contribution in [3.63, 3.8) is 0 Å². The number of hydrogen-bond donors (Lipinski definition) is 1. The molecular weight excluding hydrogens is 312 g/mol. The first-order chi connectivity index (χ1) is 11.0. The highest BCUT2D eigenvalue weighted by Crippen LogP contribution is 2.28. The lowest BCUT2D eigenvalue weighted by Gasteiger charge is -2.33. The van der Waals surface area contributed by atoms with Crippen LogP contribution in [-0.2, 0) is 14.8 Å². The summed E-state index contributed by atoms with van der Waals surface area (Å²) < 4.78 is 33.8. The summed E-state index contributed by atoms with van der Waals surface area (Å²) in [5.41, 5.74) is 0.851. The highest BCUT2D eigenvalue weighted by Gasteiger charge is 2.33. The van der Waals surface area contributed by atoms with Crippen LogP contribution in [0, 0.1) is 0 Å². The van der Waals surface area contributed by atoms with Gasteiger partial charge in [-0.25, -0.2) is 13.1 Å². The number of morpholine rings is 1. The van der Waals surface area contributed by atoms with Gasteiger partial charge >= 0.3 is 0 Å². The average molecular weight is 338 g/mol. The van der Waals surface area contributed by atoms with E-state index in [1.54, 1.807) is 12.1 Å². The molecule has 0 unspecified atom stereocenters. The number of ether oxygens (including phenoxy) is 1. The predicted molar refractivity (Wildman–Crippen MR) is 90.1 cm³/mol. The van der Waals surface area contributed by atoms with Crippen LogP contribution >= 0.6 is 0 Å². The third kappa shape index (κ3) is 4.12. The molecule has 1 aromatic carbocycles. The molecule has 0 radical (unpaired) electrons. The quantitative estimate of drug-likeness (QED) is 0.861. The molecule has 0 amide bonds. The first kappa shape index (κ1) is 16.9. The Kier molecular flexibility index (Phi) is 5.06. The molecule has 1 atom stereocenters.